The molecule has 0 bridgehead atoms. The molecule has 1 saturated heterocycles. The predicted octanol–water partition coefficient (Wildman–Crippen LogP) is 0.215. The van der Waals surface area contributed by atoms with Gasteiger partial charge in [0.25, 0.3) is 5.91 Å². The van der Waals surface area contributed by atoms with Gasteiger partial charge in [0.1, 0.15) is 14.3 Å². The summed E-state index contributed by atoms with van der Waals surface area (Å²) < 4.78 is 36.4. The van der Waals surface area contributed by atoms with Gasteiger partial charge in [0.05, 0.1) is 6.54 Å². The number of halogens is 3. The summed E-state index contributed by atoms with van der Waals surface area (Å²) in [6, 6.07) is -0.770. The molecule has 0 aromatic rings. The van der Waals surface area contributed by atoms with E-state index in [1.54, 1.807) is 0 Å². The van der Waals surface area contributed by atoms with Gasteiger partial charge in [-0.25, -0.2) is 5.01 Å². The van der Waals surface area contributed by atoms with Crippen molar-refractivity contribution in [3.05, 3.63) is 0 Å². The van der Waals surface area contributed by atoms with E-state index >= 15 is 0 Å². The summed E-state index contributed by atoms with van der Waals surface area (Å²) in [7, 11) is -1.80. The number of alkyl halides is 3. The Kier molecular flexibility index (Phi) is 3.53. The predicted molar refractivity (Wildman–Crippen MR) is 56.2 cm³/mol. The highest BCUT2D eigenvalue weighted by molar-refractivity contribution is 6.73. The number of hydrogen-bond acceptors (Lipinski definition) is 3. The molecule has 1 heterocycles. The lowest BCUT2D eigenvalue weighted by Crippen LogP contribution is -2.52. The van der Waals surface area contributed by atoms with Crippen LogP contribution in [-0.4, -0.2) is 43.8 Å². The van der Waals surface area contributed by atoms with Crippen molar-refractivity contribution in [1.29, 1.82) is 0 Å². The van der Waals surface area contributed by atoms with E-state index in [9.17, 15) is 22.8 Å². The van der Waals surface area contributed by atoms with E-state index in [4.69, 9.17) is 0 Å². The number of carbonyl (C=O) groups excluding carboxylic acids is 2. The fourth-order valence-electron chi connectivity index (χ4n) is 1.44. The maximum absolute atomic E-state index is 12.1. The largest absolute Gasteiger partial charge is 0.473 e. The number of carbonyl (C=O) groups is 2. The third-order valence-corrected chi connectivity index (χ3v) is 3.24. The highest BCUT2D eigenvalue weighted by Crippen LogP contribution is 2.19. The van der Waals surface area contributed by atoms with Crippen LogP contribution in [0.1, 0.15) is 0 Å². The van der Waals surface area contributed by atoms with Crippen LogP contribution in [0.25, 0.3) is 0 Å². The molecule has 17 heavy (non-hydrogen) atoms. The maximum atomic E-state index is 12.1. The Labute approximate surface area is 97.4 Å². The van der Waals surface area contributed by atoms with Crippen LogP contribution in [0.3, 0.4) is 0 Å². The summed E-state index contributed by atoms with van der Waals surface area (Å²) in [6.45, 7) is 5.43. The zero-order valence-electron chi connectivity index (χ0n) is 9.68. The molecular weight excluding hydrogens is 255 g/mol. The van der Waals surface area contributed by atoms with Crippen LogP contribution >= 0.6 is 0 Å². The van der Waals surface area contributed by atoms with E-state index in [2.05, 4.69) is 4.98 Å². The first kappa shape index (κ1) is 14.0. The molecule has 2 amide bonds. The molecule has 1 fully saturated rings. The standard InChI is InChI=1S/C8H14F3N3O2Si/c1-17(2,3)13-5-4-14(12-6(5)15)7(16)8(9,10)11/h5,13H,4H2,1-3H3,(H,12,15)/t5-/m1/s1. The quantitative estimate of drug-likeness (QED) is 0.705. The molecule has 98 valence electrons. The summed E-state index contributed by atoms with van der Waals surface area (Å²) in [5.41, 5.74) is 1.92. The Hall–Kier alpha value is -1.09. The molecule has 1 rings (SSSR count). The van der Waals surface area contributed by atoms with Gasteiger partial charge < -0.3 is 4.98 Å². The van der Waals surface area contributed by atoms with Crippen molar-refractivity contribution in [3.63, 3.8) is 0 Å². The molecule has 0 aliphatic carbocycles. The summed E-state index contributed by atoms with van der Waals surface area (Å²) >= 11 is 0. The average Bonchev–Trinajstić information content (AvgIpc) is 2.42. The van der Waals surface area contributed by atoms with Gasteiger partial charge in [0, 0.05) is 0 Å². The summed E-state index contributed by atoms with van der Waals surface area (Å²) in [5.74, 6) is -2.66. The lowest BCUT2D eigenvalue weighted by molar-refractivity contribution is -0.187. The second-order valence-electron chi connectivity index (χ2n) is 4.84. The van der Waals surface area contributed by atoms with Gasteiger partial charge in [-0.2, -0.15) is 13.2 Å². The number of amides is 2. The van der Waals surface area contributed by atoms with E-state index in [-0.39, 0.29) is 6.54 Å². The van der Waals surface area contributed by atoms with Gasteiger partial charge >= 0.3 is 12.1 Å². The van der Waals surface area contributed by atoms with Crippen LogP contribution in [0.15, 0.2) is 0 Å². The molecule has 1 aliphatic rings. The van der Waals surface area contributed by atoms with E-state index in [0.29, 0.717) is 5.01 Å². The SMILES string of the molecule is C[Si](C)(C)N[C@@H]1CN(C(=O)C(F)(F)F)NC1=O. The van der Waals surface area contributed by atoms with Gasteiger partial charge in [0.15, 0.2) is 0 Å². The van der Waals surface area contributed by atoms with E-state index < -0.39 is 32.3 Å². The van der Waals surface area contributed by atoms with Crippen molar-refractivity contribution in [1.82, 2.24) is 15.4 Å². The van der Waals surface area contributed by atoms with Crippen molar-refractivity contribution >= 4 is 20.0 Å². The molecular formula is C8H14F3N3O2Si. The third kappa shape index (κ3) is 3.70. The van der Waals surface area contributed by atoms with Crippen molar-refractivity contribution < 1.29 is 22.8 Å². The van der Waals surface area contributed by atoms with Gasteiger partial charge in [-0.1, -0.05) is 19.6 Å². The van der Waals surface area contributed by atoms with Gasteiger partial charge in [-0.15, -0.1) is 0 Å². The molecule has 9 heteroatoms. The summed E-state index contributed by atoms with van der Waals surface area (Å²) in [4.78, 5) is 25.2. The van der Waals surface area contributed by atoms with Crippen molar-refractivity contribution in [3.8, 4) is 0 Å². The van der Waals surface area contributed by atoms with Crippen molar-refractivity contribution in [2.45, 2.75) is 31.9 Å². The Morgan fingerprint density at radius 2 is 2.00 bits per heavy atom. The molecule has 5 nitrogen and oxygen atoms in total. The topological polar surface area (TPSA) is 61.4 Å². The van der Waals surface area contributed by atoms with Crippen molar-refractivity contribution in [2.24, 2.45) is 0 Å². The third-order valence-electron chi connectivity index (χ3n) is 2.02. The van der Waals surface area contributed by atoms with Gasteiger partial charge in [0.2, 0.25) is 0 Å². The second kappa shape index (κ2) is 4.30. The molecule has 1 atom stereocenters. The van der Waals surface area contributed by atoms with Crippen LogP contribution in [0.5, 0.6) is 0 Å². The number of hydrogen-bond donors (Lipinski definition) is 2. The minimum atomic E-state index is -4.97. The van der Waals surface area contributed by atoms with Crippen LogP contribution < -0.4 is 10.4 Å². The zero-order valence-corrected chi connectivity index (χ0v) is 10.7. The normalized spacial score (nSPS) is 21.6. The Morgan fingerprint density at radius 3 is 2.41 bits per heavy atom. The molecule has 0 aromatic carbocycles. The highest BCUT2D eigenvalue weighted by Gasteiger charge is 2.47. The number of nitrogens with zero attached hydrogens (tertiary/aromatic N) is 1. The number of rotatable bonds is 2. The fraction of sp³-hybridized carbons (Fsp3) is 0.750. The lowest BCUT2D eigenvalue weighted by atomic mass is 10.3. The van der Waals surface area contributed by atoms with E-state index in [0.717, 1.165) is 0 Å². The van der Waals surface area contributed by atoms with Gasteiger partial charge in [-0.3, -0.25) is 15.0 Å². The first-order valence-corrected chi connectivity index (χ1v) is 8.47. The van der Waals surface area contributed by atoms with Crippen LogP contribution in [0, 0.1) is 0 Å². The highest BCUT2D eigenvalue weighted by atomic mass is 28.3. The Bertz CT molecular complexity index is 340. The summed E-state index contributed by atoms with van der Waals surface area (Å²) in [6.07, 6.45) is -4.97. The van der Waals surface area contributed by atoms with Crippen LogP contribution in [-0.2, 0) is 9.59 Å². The lowest BCUT2D eigenvalue weighted by Gasteiger charge is -2.22. The average molecular weight is 269 g/mol. The van der Waals surface area contributed by atoms with Crippen LogP contribution in [0.4, 0.5) is 13.2 Å². The number of hydrazine groups is 1. The molecule has 0 spiro atoms. The smallest absolute Gasteiger partial charge is 0.325 e. The molecule has 2 N–H and O–H groups in total. The monoisotopic (exact) mass is 269 g/mol. The maximum Gasteiger partial charge on any atom is 0.473 e. The van der Waals surface area contributed by atoms with Crippen LogP contribution in [0.2, 0.25) is 19.6 Å². The zero-order chi connectivity index (χ0) is 13.4. The molecule has 0 aromatic heterocycles. The Morgan fingerprint density at radius 1 is 1.47 bits per heavy atom. The molecule has 0 unspecified atom stereocenters. The number of nitrogens with one attached hydrogen (secondary N) is 2. The molecule has 1 aliphatic heterocycles. The fourth-order valence-corrected chi connectivity index (χ4v) is 2.71. The minimum absolute atomic E-state index is 0.304. The summed E-state index contributed by atoms with van der Waals surface area (Å²) in [5, 5.41) is 0.306. The Balaban J connectivity index is 2.68. The second-order valence-corrected chi connectivity index (χ2v) is 9.63. The first-order chi connectivity index (χ1) is 7.50. The van der Waals surface area contributed by atoms with Gasteiger partial charge in [-0.05, 0) is 0 Å². The molecule has 0 saturated carbocycles. The van der Waals surface area contributed by atoms with Crippen molar-refractivity contribution in [2.75, 3.05) is 6.54 Å². The minimum Gasteiger partial charge on any atom is -0.325 e. The molecule has 0 radical (unpaired) electrons. The first-order valence-electron chi connectivity index (χ1n) is 4.97. The van der Waals surface area contributed by atoms with E-state index in [1.165, 1.54) is 0 Å². The van der Waals surface area contributed by atoms with E-state index in [1.807, 2.05) is 25.1 Å².